The van der Waals surface area contributed by atoms with Crippen LogP contribution in [0.2, 0.25) is 5.02 Å². The van der Waals surface area contributed by atoms with Crippen LogP contribution in [-0.4, -0.2) is 25.7 Å². The van der Waals surface area contributed by atoms with E-state index in [9.17, 15) is 4.79 Å². The van der Waals surface area contributed by atoms with Crippen LogP contribution in [0.3, 0.4) is 0 Å². The Morgan fingerprint density at radius 1 is 1.06 bits per heavy atom. The van der Waals surface area contributed by atoms with E-state index in [0.717, 1.165) is 23.4 Å². The molecule has 5 nitrogen and oxygen atoms in total. The quantitative estimate of drug-likeness (QED) is 0.534. The van der Waals surface area contributed by atoms with E-state index in [-0.39, 0.29) is 12.5 Å². The zero-order valence-electron chi connectivity index (χ0n) is 18.5. The lowest BCUT2D eigenvalue weighted by Crippen LogP contribution is -2.29. The molecule has 0 atom stereocenters. The topological polar surface area (TPSA) is 59.6 Å². The van der Waals surface area contributed by atoms with Crippen molar-refractivity contribution in [2.75, 3.05) is 19.0 Å². The van der Waals surface area contributed by atoms with Crippen molar-refractivity contribution in [3.05, 3.63) is 52.5 Å². The molecule has 3 rings (SSSR count). The largest absolute Gasteiger partial charge is 0.493 e. The van der Waals surface area contributed by atoms with Gasteiger partial charge in [0.25, 0.3) is 5.91 Å². The molecular weight excluding hydrogens is 412 g/mol. The molecule has 1 aliphatic carbocycles. The van der Waals surface area contributed by atoms with E-state index < -0.39 is 0 Å². The molecule has 0 bridgehead atoms. The standard InChI is InChI=1S/C25H33ClN2O3/c1-18-10-12-21(13-11-18)28-24(29)17-31-25-22(26)14-19(15-23(25)30-2)16-27-20-8-6-4-3-5-7-9-20/h10-15,20,27H,3-9,16-17H2,1-2H3,(H,28,29). The van der Waals surface area contributed by atoms with Crippen molar-refractivity contribution in [3.63, 3.8) is 0 Å². The number of methoxy groups -OCH3 is 1. The molecule has 6 heteroatoms. The summed E-state index contributed by atoms with van der Waals surface area (Å²) in [4.78, 5) is 12.2. The predicted molar refractivity (Wildman–Crippen MR) is 126 cm³/mol. The second-order valence-electron chi connectivity index (χ2n) is 8.23. The Bertz CT molecular complexity index is 847. The molecule has 1 fully saturated rings. The van der Waals surface area contributed by atoms with Crippen LogP contribution in [0.5, 0.6) is 11.5 Å². The van der Waals surface area contributed by atoms with E-state index in [1.54, 1.807) is 7.11 Å². The average Bonchev–Trinajstić information content (AvgIpc) is 2.73. The number of ether oxygens (including phenoxy) is 2. The third kappa shape index (κ3) is 7.44. The lowest BCUT2D eigenvalue weighted by molar-refractivity contribution is -0.118. The number of halogens is 1. The van der Waals surface area contributed by atoms with Crippen LogP contribution >= 0.6 is 11.6 Å². The summed E-state index contributed by atoms with van der Waals surface area (Å²) in [5.74, 6) is 0.667. The SMILES string of the molecule is COc1cc(CNC2CCCCCCC2)cc(Cl)c1OCC(=O)Nc1ccc(C)cc1. The van der Waals surface area contributed by atoms with Crippen molar-refractivity contribution in [2.24, 2.45) is 0 Å². The first-order valence-corrected chi connectivity index (χ1v) is 11.5. The first kappa shape index (κ1) is 23.4. The van der Waals surface area contributed by atoms with Gasteiger partial charge in [-0.25, -0.2) is 0 Å². The Labute approximate surface area is 190 Å². The first-order chi connectivity index (χ1) is 15.0. The molecule has 168 valence electrons. The smallest absolute Gasteiger partial charge is 0.262 e. The summed E-state index contributed by atoms with van der Waals surface area (Å²) in [6.07, 6.45) is 9.06. The Balaban J connectivity index is 1.56. The molecule has 1 aliphatic rings. The van der Waals surface area contributed by atoms with E-state index in [0.29, 0.717) is 22.6 Å². The lowest BCUT2D eigenvalue weighted by Gasteiger charge is -2.21. The number of carbonyl (C=O) groups excluding carboxylic acids is 1. The van der Waals surface area contributed by atoms with E-state index in [4.69, 9.17) is 21.1 Å². The highest BCUT2D eigenvalue weighted by molar-refractivity contribution is 6.32. The van der Waals surface area contributed by atoms with E-state index in [1.165, 1.54) is 44.9 Å². The average molecular weight is 445 g/mol. The molecule has 0 radical (unpaired) electrons. The second-order valence-corrected chi connectivity index (χ2v) is 8.64. The van der Waals surface area contributed by atoms with Crippen molar-refractivity contribution < 1.29 is 14.3 Å². The Hall–Kier alpha value is -2.24. The van der Waals surface area contributed by atoms with Gasteiger partial charge in [0.15, 0.2) is 18.1 Å². The Morgan fingerprint density at radius 3 is 2.42 bits per heavy atom. The van der Waals surface area contributed by atoms with Crippen molar-refractivity contribution in [2.45, 2.75) is 64.5 Å². The maximum absolute atomic E-state index is 12.2. The van der Waals surface area contributed by atoms with Crippen LogP contribution in [0, 0.1) is 6.92 Å². The highest BCUT2D eigenvalue weighted by Crippen LogP contribution is 2.36. The molecule has 0 spiro atoms. The normalized spacial score (nSPS) is 15.1. The molecule has 0 aliphatic heterocycles. The van der Waals surface area contributed by atoms with Gasteiger partial charge >= 0.3 is 0 Å². The summed E-state index contributed by atoms with van der Waals surface area (Å²) in [7, 11) is 1.58. The van der Waals surface area contributed by atoms with E-state index in [1.807, 2.05) is 43.3 Å². The Morgan fingerprint density at radius 2 is 1.74 bits per heavy atom. The number of hydrogen-bond acceptors (Lipinski definition) is 4. The Kier molecular flexibility index (Phi) is 9.04. The zero-order valence-corrected chi connectivity index (χ0v) is 19.3. The number of hydrogen-bond donors (Lipinski definition) is 2. The fourth-order valence-electron chi connectivity index (χ4n) is 3.91. The molecule has 31 heavy (non-hydrogen) atoms. The highest BCUT2D eigenvalue weighted by atomic mass is 35.5. The fourth-order valence-corrected chi connectivity index (χ4v) is 4.20. The van der Waals surface area contributed by atoms with Gasteiger partial charge in [-0.05, 0) is 49.6 Å². The van der Waals surface area contributed by atoms with Gasteiger partial charge in [-0.3, -0.25) is 4.79 Å². The molecule has 0 heterocycles. The maximum atomic E-state index is 12.2. The lowest BCUT2D eigenvalue weighted by atomic mass is 9.96. The van der Waals surface area contributed by atoms with Gasteiger partial charge in [-0.1, -0.05) is 61.4 Å². The summed E-state index contributed by atoms with van der Waals surface area (Å²) >= 11 is 6.48. The monoisotopic (exact) mass is 444 g/mol. The molecule has 2 aromatic rings. The van der Waals surface area contributed by atoms with Crippen molar-refractivity contribution in [3.8, 4) is 11.5 Å². The molecule has 1 amide bonds. The molecule has 2 N–H and O–H groups in total. The van der Waals surface area contributed by atoms with Gasteiger partial charge in [0.1, 0.15) is 0 Å². The van der Waals surface area contributed by atoms with Gasteiger partial charge in [0.05, 0.1) is 12.1 Å². The van der Waals surface area contributed by atoms with Crippen LogP contribution in [0.1, 0.15) is 56.1 Å². The third-order valence-corrected chi connectivity index (χ3v) is 5.95. The van der Waals surface area contributed by atoms with Crippen LogP contribution in [0.15, 0.2) is 36.4 Å². The molecule has 0 aromatic heterocycles. The zero-order chi connectivity index (χ0) is 22.1. The molecular formula is C25H33ClN2O3. The van der Waals surface area contributed by atoms with Crippen molar-refractivity contribution in [1.82, 2.24) is 5.32 Å². The predicted octanol–water partition coefficient (Wildman–Crippen LogP) is 5.88. The number of nitrogens with one attached hydrogen (secondary N) is 2. The summed E-state index contributed by atoms with van der Waals surface area (Å²) in [6.45, 7) is 2.58. The van der Waals surface area contributed by atoms with Crippen LogP contribution < -0.4 is 20.1 Å². The van der Waals surface area contributed by atoms with Crippen molar-refractivity contribution >= 4 is 23.2 Å². The molecule has 0 saturated heterocycles. The summed E-state index contributed by atoms with van der Waals surface area (Å²) in [5, 5.41) is 6.92. The van der Waals surface area contributed by atoms with Crippen LogP contribution in [0.4, 0.5) is 5.69 Å². The minimum Gasteiger partial charge on any atom is -0.493 e. The van der Waals surface area contributed by atoms with Gasteiger partial charge in [-0.2, -0.15) is 0 Å². The minimum atomic E-state index is -0.253. The van der Waals surface area contributed by atoms with E-state index in [2.05, 4.69) is 10.6 Å². The van der Waals surface area contributed by atoms with Crippen LogP contribution in [0.25, 0.3) is 0 Å². The number of aryl methyl sites for hydroxylation is 1. The number of amides is 1. The molecule has 2 aromatic carbocycles. The maximum Gasteiger partial charge on any atom is 0.262 e. The van der Waals surface area contributed by atoms with Gasteiger partial charge in [0.2, 0.25) is 0 Å². The van der Waals surface area contributed by atoms with Crippen LogP contribution in [-0.2, 0) is 11.3 Å². The minimum absolute atomic E-state index is 0.149. The number of rotatable bonds is 8. The molecule has 0 unspecified atom stereocenters. The van der Waals surface area contributed by atoms with Gasteiger partial charge < -0.3 is 20.1 Å². The summed E-state index contributed by atoms with van der Waals surface area (Å²) in [5.41, 5.74) is 2.91. The van der Waals surface area contributed by atoms with Gasteiger partial charge in [0, 0.05) is 18.3 Å². The number of benzene rings is 2. The fraction of sp³-hybridized carbons (Fsp3) is 0.480. The summed E-state index contributed by atoms with van der Waals surface area (Å²) < 4.78 is 11.2. The highest BCUT2D eigenvalue weighted by Gasteiger charge is 2.16. The number of carbonyl (C=O) groups is 1. The third-order valence-electron chi connectivity index (χ3n) is 5.67. The summed E-state index contributed by atoms with van der Waals surface area (Å²) in [6, 6.07) is 12.0. The first-order valence-electron chi connectivity index (χ1n) is 11.1. The number of anilines is 1. The molecule has 1 saturated carbocycles. The second kappa shape index (κ2) is 12.0. The van der Waals surface area contributed by atoms with E-state index >= 15 is 0 Å². The van der Waals surface area contributed by atoms with Gasteiger partial charge in [-0.15, -0.1) is 0 Å². The van der Waals surface area contributed by atoms with Crippen molar-refractivity contribution in [1.29, 1.82) is 0 Å².